The molecule has 1 aromatic heterocycles. The molecule has 0 radical (unpaired) electrons. The van der Waals surface area contributed by atoms with Crippen molar-refractivity contribution in [1.29, 1.82) is 0 Å². The summed E-state index contributed by atoms with van der Waals surface area (Å²) in [4.78, 5) is 6.43. The summed E-state index contributed by atoms with van der Waals surface area (Å²) in [5, 5.41) is 3.43. The molecular formula is C17H21N3O2. The van der Waals surface area contributed by atoms with Crippen molar-refractivity contribution in [3.05, 3.63) is 48.8 Å². The van der Waals surface area contributed by atoms with Gasteiger partial charge in [0, 0.05) is 25.8 Å². The Morgan fingerprint density at radius 1 is 1.27 bits per heavy atom. The number of anilines is 1. The average molecular weight is 299 g/mol. The zero-order valence-corrected chi connectivity index (χ0v) is 12.7. The Morgan fingerprint density at radius 3 is 3.00 bits per heavy atom. The standard InChI is InChI=1S/C17H21N3O2/c1-21-17-7-3-2-6-16(17)20-10-9-19-11-14(20)13-22-15-5-4-8-18-12-15/h2-8,12,14,19H,9-11,13H2,1H3. The molecule has 1 unspecified atom stereocenters. The number of hydrogen-bond donors (Lipinski definition) is 1. The fraction of sp³-hybridized carbons (Fsp3) is 0.353. The molecule has 116 valence electrons. The van der Waals surface area contributed by atoms with Crippen LogP contribution in [0.1, 0.15) is 0 Å². The number of pyridine rings is 1. The Labute approximate surface area is 130 Å². The molecule has 0 spiro atoms. The van der Waals surface area contributed by atoms with Gasteiger partial charge >= 0.3 is 0 Å². The fourth-order valence-electron chi connectivity index (χ4n) is 2.72. The van der Waals surface area contributed by atoms with Crippen molar-refractivity contribution >= 4 is 5.69 Å². The van der Waals surface area contributed by atoms with Gasteiger partial charge in [0.1, 0.15) is 18.1 Å². The van der Waals surface area contributed by atoms with Crippen molar-refractivity contribution < 1.29 is 9.47 Å². The van der Waals surface area contributed by atoms with E-state index in [1.165, 1.54) is 0 Å². The van der Waals surface area contributed by atoms with E-state index in [1.54, 1.807) is 19.5 Å². The largest absolute Gasteiger partial charge is 0.495 e. The number of nitrogens with one attached hydrogen (secondary N) is 1. The van der Waals surface area contributed by atoms with E-state index >= 15 is 0 Å². The Balaban J connectivity index is 1.73. The average Bonchev–Trinajstić information content (AvgIpc) is 2.61. The monoisotopic (exact) mass is 299 g/mol. The number of piperazine rings is 1. The lowest BCUT2D eigenvalue weighted by Gasteiger charge is -2.38. The first kappa shape index (κ1) is 14.7. The molecular weight excluding hydrogens is 278 g/mol. The number of ether oxygens (including phenoxy) is 2. The molecule has 2 heterocycles. The lowest BCUT2D eigenvalue weighted by Crippen LogP contribution is -2.54. The van der Waals surface area contributed by atoms with Crippen LogP contribution < -0.4 is 19.7 Å². The molecule has 1 fully saturated rings. The van der Waals surface area contributed by atoms with Gasteiger partial charge in [-0.1, -0.05) is 12.1 Å². The lowest BCUT2D eigenvalue weighted by atomic mass is 10.1. The molecule has 1 N–H and O–H groups in total. The third-order valence-corrected chi connectivity index (χ3v) is 3.82. The van der Waals surface area contributed by atoms with Gasteiger partial charge in [-0.2, -0.15) is 0 Å². The maximum Gasteiger partial charge on any atom is 0.142 e. The molecule has 1 saturated heterocycles. The molecule has 5 nitrogen and oxygen atoms in total. The number of aromatic nitrogens is 1. The third-order valence-electron chi connectivity index (χ3n) is 3.82. The quantitative estimate of drug-likeness (QED) is 0.914. The molecule has 0 aliphatic carbocycles. The lowest BCUT2D eigenvalue weighted by molar-refractivity contribution is 0.265. The number of hydrogen-bond acceptors (Lipinski definition) is 5. The van der Waals surface area contributed by atoms with E-state index in [0.29, 0.717) is 6.61 Å². The van der Waals surface area contributed by atoms with Crippen molar-refractivity contribution in [1.82, 2.24) is 10.3 Å². The number of para-hydroxylation sites is 2. The Morgan fingerprint density at radius 2 is 2.18 bits per heavy atom. The van der Waals surface area contributed by atoms with Crippen molar-refractivity contribution in [2.24, 2.45) is 0 Å². The van der Waals surface area contributed by atoms with Crippen molar-refractivity contribution in [2.75, 3.05) is 38.3 Å². The van der Waals surface area contributed by atoms with Gasteiger partial charge in [-0.3, -0.25) is 4.98 Å². The molecule has 1 aliphatic rings. The van der Waals surface area contributed by atoms with Gasteiger partial charge < -0.3 is 19.7 Å². The summed E-state index contributed by atoms with van der Waals surface area (Å²) in [6, 6.07) is 12.2. The molecule has 1 aliphatic heterocycles. The topological polar surface area (TPSA) is 46.6 Å². The van der Waals surface area contributed by atoms with Gasteiger partial charge in [-0.15, -0.1) is 0 Å². The first-order valence-corrected chi connectivity index (χ1v) is 7.51. The van der Waals surface area contributed by atoms with Gasteiger partial charge in [0.15, 0.2) is 0 Å². The normalized spacial score (nSPS) is 18.0. The van der Waals surface area contributed by atoms with E-state index in [1.807, 2.05) is 30.3 Å². The second kappa shape index (κ2) is 7.13. The number of nitrogens with zero attached hydrogens (tertiary/aromatic N) is 2. The second-order valence-corrected chi connectivity index (χ2v) is 5.22. The van der Waals surface area contributed by atoms with E-state index in [4.69, 9.17) is 9.47 Å². The van der Waals surface area contributed by atoms with Crippen LogP contribution in [0.25, 0.3) is 0 Å². The fourth-order valence-corrected chi connectivity index (χ4v) is 2.72. The number of methoxy groups -OCH3 is 1. The van der Waals surface area contributed by atoms with E-state index in [-0.39, 0.29) is 6.04 Å². The summed E-state index contributed by atoms with van der Waals surface area (Å²) >= 11 is 0. The molecule has 3 rings (SSSR count). The summed E-state index contributed by atoms with van der Waals surface area (Å²) in [6.45, 7) is 3.39. The molecule has 0 amide bonds. The molecule has 1 aromatic carbocycles. The van der Waals surface area contributed by atoms with Crippen LogP contribution in [0.3, 0.4) is 0 Å². The van der Waals surface area contributed by atoms with Gasteiger partial charge in [0.05, 0.1) is 25.0 Å². The Kier molecular flexibility index (Phi) is 4.75. The van der Waals surface area contributed by atoms with Crippen LogP contribution in [-0.4, -0.2) is 44.4 Å². The van der Waals surface area contributed by atoms with Crippen molar-refractivity contribution in [3.8, 4) is 11.5 Å². The zero-order chi connectivity index (χ0) is 15.2. The summed E-state index contributed by atoms with van der Waals surface area (Å²) in [5.74, 6) is 1.70. The van der Waals surface area contributed by atoms with Crippen LogP contribution in [0.15, 0.2) is 48.8 Å². The molecule has 1 atom stereocenters. The van der Waals surface area contributed by atoms with Crippen LogP contribution in [0, 0.1) is 0 Å². The predicted octanol–water partition coefficient (Wildman–Crippen LogP) is 1.95. The number of rotatable bonds is 5. The maximum absolute atomic E-state index is 5.89. The SMILES string of the molecule is COc1ccccc1N1CCNCC1COc1cccnc1. The predicted molar refractivity (Wildman–Crippen MR) is 86.7 cm³/mol. The highest BCUT2D eigenvalue weighted by atomic mass is 16.5. The van der Waals surface area contributed by atoms with Crippen LogP contribution in [-0.2, 0) is 0 Å². The highest BCUT2D eigenvalue weighted by Crippen LogP contribution is 2.29. The summed E-state index contributed by atoms with van der Waals surface area (Å²) < 4.78 is 11.4. The van der Waals surface area contributed by atoms with Crippen molar-refractivity contribution in [3.63, 3.8) is 0 Å². The molecule has 5 heteroatoms. The highest BCUT2D eigenvalue weighted by Gasteiger charge is 2.25. The first-order chi connectivity index (χ1) is 10.9. The molecule has 2 aromatic rings. The Bertz CT molecular complexity index is 591. The van der Waals surface area contributed by atoms with Gasteiger partial charge in [0.2, 0.25) is 0 Å². The number of benzene rings is 1. The Hall–Kier alpha value is -2.27. The van der Waals surface area contributed by atoms with E-state index in [9.17, 15) is 0 Å². The van der Waals surface area contributed by atoms with Gasteiger partial charge in [0.25, 0.3) is 0 Å². The minimum atomic E-state index is 0.255. The third kappa shape index (κ3) is 3.31. The second-order valence-electron chi connectivity index (χ2n) is 5.22. The zero-order valence-electron chi connectivity index (χ0n) is 12.7. The van der Waals surface area contributed by atoms with Crippen molar-refractivity contribution in [2.45, 2.75) is 6.04 Å². The summed E-state index contributed by atoms with van der Waals surface area (Å²) in [5.41, 5.74) is 1.12. The van der Waals surface area contributed by atoms with Crippen LogP contribution in [0.4, 0.5) is 5.69 Å². The van der Waals surface area contributed by atoms with Gasteiger partial charge in [-0.05, 0) is 24.3 Å². The molecule has 22 heavy (non-hydrogen) atoms. The van der Waals surface area contributed by atoms with Crippen LogP contribution in [0.5, 0.6) is 11.5 Å². The first-order valence-electron chi connectivity index (χ1n) is 7.51. The molecule has 0 bridgehead atoms. The summed E-state index contributed by atoms with van der Waals surface area (Å²) in [6.07, 6.45) is 3.49. The van der Waals surface area contributed by atoms with Crippen LogP contribution in [0.2, 0.25) is 0 Å². The minimum Gasteiger partial charge on any atom is -0.495 e. The maximum atomic E-state index is 5.89. The minimum absolute atomic E-state index is 0.255. The van der Waals surface area contributed by atoms with E-state index in [0.717, 1.165) is 36.8 Å². The highest BCUT2D eigenvalue weighted by molar-refractivity contribution is 5.59. The van der Waals surface area contributed by atoms with Gasteiger partial charge in [-0.25, -0.2) is 0 Å². The smallest absolute Gasteiger partial charge is 0.142 e. The molecule has 0 saturated carbocycles. The van der Waals surface area contributed by atoms with Crippen LogP contribution >= 0.6 is 0 Å². The van der Waals surface area contributed by atoms with E-state index in [2.05, 4.69) is 21.3 Å². The van der Waals surface area contributed by atoms with E-state index < -0.39 is 0 Å². The summed E-state index contributed by atoms with van der Waals surface area (Å²) in [7, 11) is 1.71.